The summed E-state index contributed by atoms with van der Waals surface area (Å²) >= 11 is 0. The van der Waals surface area contributed by atoms with Crippen LogP contribution in [-0.2, 0) is 0 Å². The van der Waals surface area contributed by atoms with Crippen molar-refractivity contribution in [2.24, 2.45) is 0 Å². The number of imidazole rings is 1. The summed E-state index contributed by atoms with van der Waals surface area (Å²) < 4.78 is 1.87. The highest BCUT2D eigenvalue weighted by Gasteiger charge is 2.11. The van der Waals surface area contributed by atoms with E-state index in [4.69, 9.17) is 4.98 Å². The van der Waals surface area contributed by atoms with E-state index in [0.717, 1.165) is 11.0 Å². The Hall–Kier alpha value is -3.94. The number of aromatic nitrogens is 4. The van der Waals surface area contributed by atoms with Crippen molar-refractivity contribution in [2.75, 3.05) is 17.2 Å². The van der Waals surface area contributed by atoms with E-state index in [-0.39, 0.29) is 12.1 Å². The summed E-state index contributed by atoms with van der Waals surface area (Å²) in [5.74, 6) is 1.34. The van der Waals surface area contributed by atoms with Crippen LogP contribution >= 0.6 is 0 Å². The molecule has 2 aromatic carbocycles. The minimum atomic E-state index is -0.242. The van der Waals surface area contributed by atoms with Crippen LogP contribution in [0.5, 0.6) is 0 Å². The van der Waals surface area contributed by atoms with Crippen LogP contribution in [0.25, 0.3) is 16.9 Å². The van der Waals surface area contributed by atoms with Crippen LogP contribution in [-0.4, -0.2) is 32.1 Å². The van der Waals surface area contributed by atoms with Gasteiger partial charge in [0, 0.05) is 18.3 Å². The fourth-order valence-electron chi connectivity index (χ4n) is 3.20. The number of nitrogens with one attached hydrogen (secondary N) is 3. The van der Waals surface area contributed by atoms with Gasteiger partial charge in [-0.1, -0.05) is 30.3 Å². The lowest BCUT2D eigenvalue weighted by atomic mass is 10.1. The molecule has 2 aromatic heterocycles. The second kappa shape index (κ2) is 8.60. The maximum absolute atomic E-state index is 11.7. The number of urea groups is 1. The van der Waals surface area contributed by atoms with Crippen molar-refractivity contribution in [1.29, 1.82) is 0 Å². The highest BCUT2D eigenvalue weighted by Crippen LogP contribution is 2.22. The van der Waals surface area contributed by atoms with Crippen LogP contribution in [0.15, 0.2) is 67.3 Å². The molecular formula is C22H23N7O. The van der Waals surface area contributed by atoms with E-state index in [9.17, 15) is 4.79 Å². The summed E-state index contributed by atoms with van der Waals surface area (Å²) in [6.45, 7) is 4.52. The molecule has 2 amide bonds. The molecule has 8 nitrogen and oxygen atoms in total. The molecule has 0 saturated heterocycles. The maximum Gasteiger partial charge on any atom is 0.319 e. The first-order valence-electron chi connectivity index (χ1n) is 9.80. The average molecular weight is 401 g/mol. The van der Waals surface area contributed by atoms with Crippen LogP contribution in [0.2, 0.25) is 0 Å². The molecule has 8 heteroatoms. The van der Waals surface area contributed by atoms with Crippen molar-refractivity contribution >= 4 is 28.6 Å². The third kappa shape index (κ3) is 4.22. The van der Waals surface area contributed by atoms with E-state index in [1.807, 2.05) is 47.9 Å². The lowest BCUT2D eigenvalue weighted by Gasteiger charge is -2.15. The predicted molar refractivity (Wildman–Crippen MR) is 118 cm³/mol. The number of benzene rings is 2. The number of fused-ring (bicyclic) bond motifs is 1. The minimum Gasteiger partial charge on any atom is -0.362 e. The summed E-state index contributed by atoms with van der Waals surface area (Å²) in [5.41, 5.74) is 3.47. The standard InChI is InChI=1S/C22H23N7O/c1-3-24-22(30)27-17-9-10-19-18(11-17)25-14-29(19)21-13-23-12-20(28-21)26-15(2)16-7-5-4-6-8-16/h4-15H,3H2,1-2H3,(H,26,28)(H2,24,27,30)/t15-/m0/s1. The van der Waals surface area contributed by atoms with E-state index in [2.05, 4.69) is 45.0 Å². The Morgan fingerprint density at radius 1 is 1.13 bits per heavy atom. The number of rotatable bonds is 6. The summed E-state index contributed by atoms with van der Waals surface area (Å²) in [7, 11) is 0. The quantitative estimate of drug-likeness (QED) is 0.451. The van der Waals surface area contributed by atoms with Crippen LogP contribution < -0.4 is 16.0 Å². The van der Waals surface area contributed by atoms with Gasteiger partial charge in [-0.2, -0.15) is 0 Å². The van der Waals surface area contributed by atoms with Crippen LogP contribution in [0.3, 0.4) is 0 Å². The molecule has 4 aromatic rings. The Morgan fingerprint density at radius 2 is 1.97 bits per heavy atom. The molecule has 0 radical (unpaired) electrons. The van der Waals surface area contributed by atoms with Gasteiger partial charge in [0.15, 0.2) is 5.82 Å². The molecule has 152 valence electrons. The zero-order chi connectivity index (χ0) is 20.9. The van der Waals surface area contributed by atoms with E-state index in [1.165, 1.54) is 5.56 Å². The van der Waals surface area contributed by atoms with Crippen molar-refractivity contribution in [2.45, 2.75) is 19.9 Å². The molecule has 0 aliphatic rings. The second-order valence-electron chi connectivity index (χ2n) is 6.84. The molecule has 0 saturated carbocycles. The summed E-state index contributed by atoms with van der Waals surface area (Å²) in [4.78, 5) is 25.2. The number of nitrogens with zero attached hydrogens (tertiary/aromatic N) is 4. The molecule has 4 rings (SSSR count). The Labute approximate surface area is 174 Å². The number of carbonyl (C=O) groups excluding carboxylic acids is 1. The first-order valence-corrected chi connectivity index (χ1v) is 9.80. The SMILES string of the molecule is CCNC(=O)Nc1ccc2c(c1)ncn2-c1cncc(N[C@@H](C)c2ccccc2)n1. The van der Waals surface area contributed by atoms with Gasteiger partial charge in [-0.3, -0.25) is 9.55 Å². The molecule has 0 fully saturated rings. The van der Waals surface area contributed by atoms with E-state index < -0.39 is 0 Å². The van der Waals surface area contributed by atoms with Crippen LogP contribution in [0.4, 0.5) is 16.3 Å². The molecule has 0 bridgehead atoms. The number of hydrogen-bond acceptors (Lipinski definition) is 5. The average Bonchev–Trinajstić information content (AvgIpc) is 3.18. The van der Waals surface area contributed by atoms with Gasteiger partial charge in [-0.25, -0.2) is 14.8 Å². The normalized spacial score (nSPS) is 11.8. The third-order valence-electron chi connectivity index (χ3n) is 4.68. The Kier molecular flexibility index (Phi) is 5.56. The number of hydrogen-bond donors (Lipinski definition) is 3. The largest absolute Gasteiger partial charge is 0.362 e. The molecule has 30 heavy (non-hydrogen) atoms. The van der Waals surface area contributed by atoms with Gasteiger partial charge in [0.25, 0.3) is 0 Å². The first kappa shape index (κ1) is 19.4. The van der Waals surface area contributed by atoms with Crippen molar-refractivity contribution in [3.05, 3.63) is 72.8 Å². The topological polar surface area (TPSA) is 96.8 Å². The van der Waals surface area contributed by atoms with Crippen molar-refractivity contribution in [3.63, 3.8) is 0 Å². The zero-order valence-electron chi connectivity index (χ0n) is 16.8. The highest BCUT2D eigenvalue weighted by molar-refractivity contribution is 5.92. The Bertz CT molecular complexity index is 1160. The monoisotopic (exact) mass is 401 g/mol. The fourth-order valence-corrected chi connectivity index (χ4v) is 3.20. The summed E-state index contributed by atoms with van der Waals surface area (Å²) in [6.07, 6.45) is 5.10. The third-order valence-corrected chi connectivity index (χ3v) is 4.68. The summed E-state index contributed by atoms with van der Waals surface area (Å²) in [5, 5.41) is 8.89. The molecule has 0 spiro atoms. The van der Waals surface area contributed by atoms with Gasteiger partial charge in [0.2, 0.25) is 0 Å². The van der Waals surface area contributed by atoms with Gasteiger partial charge in [0.05, 0.1) is 23.4 Å². The van der Waals surface area contributed by atoms with E-state index in [1.54, 1.807) is 18.7 Å². The molecule has 0 unspecified atom stereocenters. The number of amides is 2. The van der Waals surface area contributed by atoms with E-state index >= 15 is 0 Å². The molecule has 2 heterocycles. The smallest absolute Gasteiger partial charge is 0.319 e. The summed E-state index contributed by atoms with van der Waals surface area (Å²) in [6, 6.07) is 15.6. The van der Waals surface area contributed by atoms with Crippen molar-refractivity contribution < 1.29 is 4.79 Å². The van der Waals surface area contributed by atoms with Gasteiger partial charge in [-0.15, -0.1) is 0 Å². The number of carbonyl (C=O) groups is 1. The Balaban J connectivity index is 1.56. The van der Waals surface area contributed by atoms with Gasteiger partial charge in [-0.05, 0) is 37.6 Å². The molecule has 1 atom stereocenters. The fraction of sp³-hybridized carbons (Fsp3) is 0.182. The lowest BCUT2D eigenvalue weighted by Crippen LogP contribution is -2.28. The molecule has 0 aliphatic heterocycles. The second-order valence-corrected chi connectivity index (χ2v) is 6.84. The Morgan fingerprint density at radius 3 is 2.77 bits per heavy atom. The number of anilines is 2. The van der Waals surface area contributed by atoms with Crippen LogP contribution in [0, 0.1) is 0 Å². The van der Waals surface area contributed by atoms with E-state index in [0.29, 0.717) is 23.9 Å². The van der Waals surface area contributed by atoms with Gasteiger partial charge >= 0.3 is 6.03 Å². The van der Waals surface area contributed by atoms with Gasteiger partial charge < -0.3 is 16.0 Å². The molecular weight excluding hydrogens is 378 g/mol. The zero-order valence-corrected chi connectivity index (χ0v) is 16.8. The van der Waals surface area contributed by atoms with Crippen molar-refractivity contribution in [1.82, 2.24) is 24.8 Å². The first-order chi connectivity index (χ1) is 14.6. The van der Waals surface area contributed by atoms with Crippen molar-refractivity contribution in [3.8, 4) is 5.82 Å². The predicted octanol–water partition coefficient (Wildman–Crippen LogP) is 4.13. The minimum absolute atomic E-state index is 0.0955. The van der Waals surface area contributed by atoms with Gasteiger partial charge in [0.1, 0.15) is 12.1 Å². The molecule has 3 N–H and O–H groups in total. The highest BCUT2D eigenvalue weighted by atomic mass is 16.2. The maximum atomic E-state index is 11.7. The molecule has 0 aliphatic carbocycles. The lowest BCUT2D eigenvalue weighted by molar-refractivity contribution is 0.252. The van der Waals surface area contributed by atoms with Crippen LogP contribution in [0.1, 0.15) is 25.5 Å².